The minimum absolute atomic E-state index is 0.138. The highest BCUT2D eigenvalue weighted by Crippen LogP contribution is 2.41. The van der Waals surface area contributed by atoms with Crippen LogP contribution in [0.5, 0.6) is 0 Å². The van der Waals surface area contributed by atoms with Crippen LogP contribution in [0.1, 0.15) is 23.5 Å². The summed E-state index contributed by atoms with van der Waals surface area (Å²) >= 11 is 6.15. The van der Waals surface area contributed by atoms with Gasteiger partial charge in [-0.2, -0.15) is 0 Å². The maximum absolute atomic E-state index is 13.8. The second-order valence-corrected chi connectivity index (χ2v) is 6.04. The topological polar surface area (TPSA) is 36.4 Å². The first kappa shape index (κ1) is 15.8. The molecule has 0 amide bonds. The van der Waals surface area contributed by atoms with Gasteiger partial charge in [0.2, 0.25) is 0 Å². The van der Waals surface area contributed by atoms with Crippen LogP contribution in [0.15, 0.2) is 53.5 Å². The van der Waals surface area contributed by atoms with E-state index >= 15 is 0 Å². The molecule has 0 aliphatic heterocycles. The molecule has 0 bridgehead atoms. The molecule has 1 aliphatic rings. The summed E-state index contributed by atoms with van der Waals surface area (Å²) in [6, 6.07) is 14.9. The SMILES string of the molecule is CN=C(NCc1ccccc1Cl)NC1CC1c1ccccc1F. The third-order valence-corrected chi connectivity index (χ3v) is 4.41. The molecule has 2 N–H and O–H groups in total. The highest BCUT2D eigenvalue weighted by molar-refractivity contribution is 6.31. The van der Waals surface area contributed by atoms with Crippen molar-refractivity contribution in [1.82, 2.24) is 10.6 Å². The average molecular weight is 332 g/mol. The molecule has 2 unspecified atom stereocenters. The van der Waals surface area contributed by atoms with Crippen molar-refractivity contribution >= 4 is 17.6 Å². The van der Waals surface area contributed by atoms with Gasteiger partial charge in [0.05, 0.1) is 0 Å². The van der Waals surface area contributed by atoms with Crippen LogP contribution in [0, 0.1) is 5.82 Å². The van der Waals surface area contributed by atoms with E-state index in [1.165, 1.54) is 6.07 Å². The fraction of sp³-hybridized carbons (Fsp3) is 0.278. The van der Waals surface area contributed by atoms with E-state index in [0.717, 1.165) is 22.6 Å². The van der Waals surface area contributed by atoms with Crippen molar-refractivity contribution in [3.8, 4) is 0 Å². The smallest absolute Gasteiger partial charge is 0.191 e. The predicted octanol–water partition coefficient (Wildman–Crippen LogP) is 3.70. The van der Waals surface area contributed by atoms with Gasteiger partial charge in [-0.15, -0.1) is 0 Å². The predicted molar refractivity (Wildman–Crippen MR) is 92.3 cm³/mol. The third-order valence-electron chi connectivity index (χ3n) is 4.04. The van der Waals surface area contributed by atoms with Gasteiger partial charge in [-0.25, -0.2) is 4.39 Å². The van der Waals surface area contributed by atoms with Gasteiger partial charge < -0.3 is 10.6 Å². The molecule has 23 heavy (non-hydrogen) atoms. The van der Waals surface area contributed by atoms with E-state index in [0.29, 0.717) is 12.5 Å². The van der Waals surface area contributed by atoms with Gasteiger partial charge >= 0.3 is 0 Å². The Morgan fingerprint density at radius 2 is 1.96 bits per heavy atom. The minimum atomic E-state index is -0.138. The Morgan fingerprint density at radius 3 is 2.70 bits per heavy atom. The highest BCUT2D eigenvalue weighted by Gasteiger charge is 2.40. The van der Waals surface area contributed by atoms with Crippen molar-refractivity contribution in [3.05, 3.63) is 70.5 Å². The van der Waals surface area contributed by atoms with Gasteiger partial charge in [0, 0.05) is 30.6 Å². The fourth-order valence-corrected chi connectivity index (χ4v) is 2.87. The van der Waals surface area contributed by atoms with Crippen molar-refractivity contribution in [2.75, 3.05) is 7.05 Å². The lowest BCUT2D eigenvalue weighted by Gasteiger charge is -2.13. The molecule has 0 spiro atoms. The minimum Gasteiger partial charge on any atom is -0.353 e. The van der Waals surface area contributed by atoms with Gasteiger partial charge in [-0.3, -0.25) is 4.99 Å². The molecule has 1 fully saturated rings. The Kier molecular flexibility index (Phi) is 4.82. The van der Waals surface area contributed by atoms with Crippen molar-refractivity contribution < 1.29 is 4.39 Å². The van der Waals surface area contributed by atoms with E-state index in [1.807, 2.05) is 36.4 Å². The maximum atomic E-state index is 13.8. The second kappa shape index (κ2) is 7.01. The van der Waals surface area contributed by atoms with Gasteiger partial charge in [0.25, 0.3) is 0 Å². The summed E-state index contributed by atoms with van der Waals surface area (Å²) in [5.74, 6) is 0.768. The largest absolute Gasteiger partial charge is 0.353 e. The van der Waals surface area contributed by atoms with Gasteiger partial charge in [-0.1, -0.05) is 48.0 Å². The molecule has 0 aromatic heterocycles. The van der Waals surface area contributed by atoms with E-state index in [1.54, 1.807) is 13.1 Å². The summed E-state index contributed by atoms with van der Waals surface area (Å²) in [5, 5.41) is 7.31. The standard InChI is InChI=1S/C18H19ClFN3/c1-21-18(22-11-12-6-2-4-8-15(12)19)23-17-10-14(17)13-7-3-5-9-16(13)20/h2-9,14,17H,10-11H2,1H3,(H2,21,22,23). The number of aliphatic imine (C=N–C) groups is 1. The van der Waals surface area contributed by atoms with Gasteiger partial charge in [0.15, 0.2) is 5.96 Å². The van der Waals surface area contributed by atoms with Crippen molar-refractivity contribution in [1.29, 1.82) is 0 Å². The fourth-order valence-electron chi connectivity index (χ4n) is 2.66. The Labute approximate surface area is 140 Å². The number of nitrogens with zero attached hydrogens (tertiary/aromatic N) is 1. The Balaban J connectivity index is 1.56. The summed E-state index contributed by atoms with van der Waals surface area (Å²) in [5.41, 5.74) is 1.78. The van der Waals surface area contributed by atoms with Crippen molar-refractivity contribution in [2.24, 2.45) is 4.99 Å². The number of nitrogens with one attached hydrogen (secondary N) is 2. The number of guanidine groups is 1. The normalized spacial score (nSPS) is 20.2. The van der Waals surface area contributed by atoms with Crippen molar-refractivity contribution in [2.45, 2.75) is 24.9 Å². The average Bonchev–Trinajstić information content (AvgIpc) is 3.32. The number of halogens is 2. The lowest BCUT2D eigenvalue weighted by atomic mass is 10.1. The Hall–Kier alpha value is -2.07. The molecule has 3 rings (SSSR count). The highest BCUT2D eigenvalue weighted by atomic mass is 35.5. The summed E-state index contributed by atoms with van der Waals surface area (Å²) in [6.07, 6.45) is 0.910. The molecule has 2 aromatic carbocycles. The van der Waals surface area contributed by atoms with E-state index < -0.39 is 0 Å². The van der Waals surface area contributed by atoms with E-state index in [-0.39, 0.29) is 17.8 Å². The van der Waals surface area contributed by atoms with E-state index in [4.69, 9.17) is 11.6 Å². The van der Waals surface area contributed by atoms with Gasteiger partial charge in [0.1, 0.15) is 5.82 Å². The van der Waals surface area contributed by atoms with Crippen LogP contribution in [0.3, 0.4) is 0 Å². The Morgan fingerprint density at radius 1 is 1.22 bits per heavy atom. The zero-order chi connectivity index (χ0) is 16.2. The van der Waals surface area contributed by atoms with Crippen molar-refractivity contribution in [3.63, 3.8) is 0 Å². The first-order chi connectivity index (χ1) is 11.2. The number of hydrogen-bond donors (Lipinski definition) is 2. The molecule has 0 saturated heterocycles. The molecular weight excluding hydrogens is 313 g/mol. The molecule has 3 nitrogen and oxygen atoms in total. The summed E-state index contributed by atoms with van der Waals surface area (Å²) in [4.78, 5) is 4.22. The molecule has 1 aliphatic carbocycles. The summed E-state index contributed by atoms with van der Waals surface area (Å²) < 4.78 is 13.8. The van der Waals surface area contributed by atoms with Crippen LogP contribution in [0.4, 0.5) is 4.39 Å². The number of benzene rings is 2. The summed E-state index contributed by atoms with van der Waals surface area (Å²) in [6.45, 7) is 0.594. The van der Waals surface area contributed by atoms with Crippen LogP contribution >= 0.6 is 11.6 Å². The Bertz CT molecular complexity index is 717. The molecule has 5 heteroatoms. The molecule has 2 atom stereocenters. The first-order valence-corrected chi connectivity index (χ1v) is 8.02. The lowest BCUT2D eigenvalue weighted by molar-refractivity contribution is 0.607. The van der Waals surface area contributed by atoms with Crippen LogP contribution in [0.2, 0.25) is 5.02 Å². The van der Waals surface area contributed by atoms with Crippen LogP contribution in [-0.4, -0.2) is 19.0 Å². The molecule has 1 saturated carbocycles. The zero-order valence-corrected chi connectivity index (χ0v) is 13.6. The first-order valence-electron chi connectivity index (χ1n) is 7.64. The number of rotatable bonds is 4. The van der Waals surface area contributed by atoms with E-state index in [9.17, 15) is 4.39 Å². The number of hydrogen-bond acceptors (Lipinski definition) is 1. The van der Waals surface area contributed by atoms with Crippen LogP contribution in [0.25, 0.3) is 0 Å². The maximum Gasteiger partial charge on any atom is 0.191 e. The monoisotopic (exact) mass is 331 g/mol. The second-order valence-electron chi connectivity index (χ2n) is 5.63. The molecule has 0 radical (unpaired) electrons. The zero-order valence-electron chi connectivity index (χ0n) is 12.9. The van der Waals surface area contributed by atoms with Gasteiger partial charge in [-0.05, 0) is 29.7 Å². The quantitative estimate of drug-likeness (QED) is 0.662. The molecular formula is C18H19ClFN3. The molecule has 0 heterocycles. The van der Waals surface area contributed by atoms with Crippen LogP contribution in [-0.2, 0) is 6.54 Å². The lowest BCUT2D eigenvalue weighted by Crippen LogP contribution is -2.38. The van der Waals surface area contributed by atoms with E-state index in [2.05, 4.69) is 15.6 Å². The molecule has 2 aromatic rings. The van der Waals surface area contributed by atoms with Crippen LogP contribution < -0.4 is 10.6 Å². The third kappa shape index (κ3) is 3.82. The molecule has 120 valence electrons. The summed E-state index contributed by atoms with van der Waals surface area (Å²) in [7, 11) is 1.72.